The van der Waals surface area contributed by atoms with E-state index < -0.39 is 0 Å². The normalized spacial score (nSPS) is 15.8. The van der Waals surface area contributed by atoms with Crippen molar-refractivity contribution in [3.63, 3.8) is 0 Å². The average molecular weight is 399 g/mol. The van der Waals surface area contributed by atoms with Gasteiger partial charge in [0.25, 0.3) is 0 Å². The Morgan fingerprint density at radius 2 is 1.43 bits per heavy atom. The summed E-state index contributed by atoms with van der Waals surface area (Å²) in [4.78, 5) is 14.9. The first-order valence-corrected chi connectivity index (χ1v) is 10.0. The van der Waals surface area contributed by atoms with Crippen LogP contribution in [-0.2, 0) is 9.53 Å². The molecule has 30 heavy (non-hydrogen) atoms. The van der Waals surface area contributed by atoms with E-state index in [9.17, 15) is 4.79 Å². The van der Waals surface area contributed by atoms with E-state index in [2.05, 4.69) is 29.2 Å². The standard InChI is InChI=1S/C26H25NO3/c1-29-24-16-10-9-15-21(24)22-17-27(18-23(22)26(28)30-2)25(19-11-5-3-6-12-19)20-13-7-4-8-14-20/h3-16,18,22,25H,17H2,1-2H3. The first-order chi connectivity index (χ1) is 14.7. The molecule has 152 valence electrons. The van der Waals surface area contributed by atoms with Crippen molar-refractivity contribution in [2.75, 3.05) is 20.8 Å². The monoisotopic (exact) mass is 399 g/mol. The van der Waals surface area contributed by atoms with E-state index in [1.807, 2.05) is 66.9 Å². The molecule has 1 heterocycles. The minimum Gasteiger partial charge on any atom is -0.496 e. The van der Waals surface area contributed by atoms with Crippen LogP contribution >= 0.6 is 0 Å². The Morgan fingerprint density at radius 3 is 2.00 bits per heavy atom. The highest BCUT2D eigenvalue weighted by Gasteiger charge is 2.36. The van der Waals surface area contributed by atoms with Crippen molar-refractivity contribution in [1.29, 1.82) is 0 Å². The molecular formula is C26H25NO3. The topological polar surface area (TPSA) is 38.8 Å². The quantitative estimate of drug-likeness (QED) is 0.550. The molecule has 3 aromatic rings. The molecule has 4 rings (SSSR count). The fourth-order valence-electron chi connectivity index (χ4n) is 4.19. The number of methoxy groups -OCH3 is 2. The van der Waals surface area contributed by atoms with Crippen LogP contribution in [0.1, 0.15) is 28.7 Å². The highest BCUT2D eigenvalue weighted by Crippen LogP contribution is 2.41. The summed E-state index contributed by atoms with van der Waals surface area (Å²) in [5.74, 6) is 0.326. The summed E-state index contributed by atoms with van der Waals surface area (Å²) in [6.07, 6.45) is 1.95. The third kappa shape index (κ3) is 3.81. The van der Waals surface area contributed by atoms with Gasteiger partial charge in [0, 0.05) is 24.2 Å². The lowest BCUT2D eigenvalue weighted by molar-refractivity contribution is -0.136. The molecule has 1 aliphatic rings. The van der Waals surface area contributed by atoms with Crippen molar-refractivity contribution in [2.45, 2.75) is 12.0 Å². The van der Waals surface area contributed by atoms with Gasteiger partial charge in [0.15, 0.2) is 0 Å². The van der Waals surface area contributed by atoms with E-state index in [1.54, 1.807) is 7.11 Å². The molecule has 0 saturated carbocycles. The number of benzene rings is 3. The smallest absolute Gasteiger partial charge is 0.335 e. The molecule has 0 N–H and O–H groups in total. The first kappa shape index (κ1) is 19.8. The predicted octanol–water partition coefficient (Wildman–Crippen LogP) is 4.94. The Morgan fingerprint density at radius 1 is 0.867 bits per heavy atom. The van der Waals surface area contributed by atoms with Crippen LogP contribution in [0.25, 0.3) is 0 Å². The second-order valence-corrected chi connectivity index (χ2v) is 7.29. The van der Waals surface area contributed by atoms with Crippen molar-refractivity contribution in [3.05, 3.63) is 113 Å². The van der Waals surface area contributed by atoms with Gasteiger partial charge in [-0.25, -0.2) is 4.79 Å². The first-order valence-electron chi connectivity index (χ1n) is 10.0. The Bertz CT molecular complexity index is 991. The number of carbonyl (C=O) groups excluding carboxylic acids is 1. The van der Waals surface area contributed by atoms with Gasteiger partial charge in [0.05, 0.1) is 25.8 Å². The van der Waals surface area contributed by atoms with Gasteiger partial charge in [-0.1, -0.05) is 78.9 Å². The number of rotatable bonds is 6. The summed E-state index contributed by atoms with van der Waals surface area (Å²) in [5.41, 5.74) is 3.97. The van der Waals surface area contributed by atoms with Crippen molar-refractivity contribution in [1.82, 2.24) is 4.90 Å². The second-order valence-electron chi connectivity index (χ2n) is 7.29. The zero-order chi connectivity index (χ0) is 20.9. The van der Waals surface area contributed by atoms with E-state index in [1.165, 1.54) is 18.2 Å². The predicted molar refractivity (Wildman–Crippen MR) is 117 cm³/mol. The minimum absolute atomic E-state index is 0.00763. The fourth-order valence-corrected chi connectivity index (χ4v) is 4.19. The zero-order valence-electron chi connectivity index (χ0n) is 17.2. The van der Waals surface area contributed by atoms with Crippen molar-refractivity contribution >= 4 is 5.97 Å². The summed E-state index contributed by atoms with van der Waals surface area (Å²) in [7, 11) is 3.08. The van der Waals surface area contributed by atoms with Gasteiger partial charge in [-0.05, 0) is 17.2 Å². The third-order valence-corrected chi connectivity index (χ3v) is 5.57. The van der Waals surface area contributed by atoms with E-state index in [0.717, 1.165) is 11.3 Å². The van der Waals surface area contributed by atoms with E-state index in [0.29, 0.717) is 12.1 Å². The van der Waals surface area contributed by atoms with Crippen LogP contribution in [0.5, 0.6) is 5.75 Å². The number of hydrogen-bond acceptors (Lipinski definition) is 4. The second kappa shape index (κ2) is 8.87. The molecule has 0 aliphatic carbocycles. The molecule has 4 nitrogen and oxygen atoms in total. The molecule has 0 fully saturated rings. The van der Waals surface area contributed by atoms with Crippen LogP contribution in [0.4, 0.5) is 0 Å². The highest BCUT2D eigenvalue weighted by molar-refractivity contribution is 5.91. The molecule has 4 heteroatoms. The number of ether oxygens (including phenoxy) is 2. The summed E-state index contributed by atoms with van der Waals surface area (Å²) >= 11 is 0. The Hall–Kier alpha value is -3.53. The van der Waals surface area contributed by atoms with Crippen LogP contribution < -0.4 is 4.74 Å². The van der Waals surface area contributed by atoms with Crippen LogP contribution in [0.3, 0.4) is 0 Å². The molecule has 0 saturated heterocycles. The van der Waals surface area contributed by atoms with E-state index in [4.69, 9.17) is 9.47 Å². The maximum atomic E-state index is 12.7. The Balaban J connectivity index is 1.79. The number of carbonyl (C=O) groups is 1. The van der Waals surface area contributed by atoms with Gasteiger partial charge < -0.3 is 14.4 Å². The van der Waals surface area contributed by atoms with E-state index in [-0.39, 0.29) is 17.9 Å². The highest BCUT2D eigenvalue weighted by atomic mass is 16.5. The molecule has 3 aromatic carbocycles. The van der Waals surface area contributed by atoms with Gasteiger partial charge in [-0.15, -0.1) is 0 Å². The Labute approximate surface area is 177 Å². The van der Waals surface area contributed by atoms with Crippen molar-refractivity contribution in [3.8, 4) is 5.75 Å². The number of para-hydroxylation sites is 1. The fraction of sp³-hybridized carbons (Fsp3) is 0.192. The summed E-state index contributed by atoms with van der Waals surface area (Å²) in [6.45, 7) is 0.652. The lowest BCUT2D eigenvalue weighted by Crippen LogP contribution is -2.25. The number of nitrogens with zero attached hydrogens (tertiary/aromatic N) is 1. The number of esters is 1. The molecule has 0 amide bonds. The maximum Gasteiger partial charge on any atom is 0.335 e. The van der Waals surface area contributed by atoms with Crippen LogP contribution in [0.15, 0.2) is 96.7 Å². The third-order valence-electron chi connectivity index (χ3n) is 5.57. The molecule has 0 aromatic heterocycles. The molecule has 0 radical (unpaired) electrons. The van der Waals surface area contributed by atoms with Crippen LogP contribution in [-0.4, -0.2) is 31.6 Å². The van der Waals surface area contributed by atoms with Gasteiger partial charge in [-0.2, -0.15) is 0 Å². The average Bonchev–Trinajstić information content (AvgIpc) is 3.24. The maximum absolute atomic E-state index is 12.7. The molecule has 0 spiro atoms. The number of hydrogen-bond donors (Lipinski definition) is 0. The van der Waals surface area contributed by atoms with Crippen LogP contribution in [0.2, 0.25) is 0 Å². The molecule has 1 atom stereocenters. The van der Waals surface area contributed by atoms with Gasteiger partial charge in [0.2, 0.25) is 0 Å². The molecule has 1 unspecified atom stereocenters. The van der Waals surface area contributed by atoms with Crippen molar-refractivity contribution in [2.24, 2.45) is 0 Å². The van der Waals surface area contributed by atoms with Crippen molar-refractivity contribution < 1.29 is 14.3 Å². The summed E-state index contributed by atoms with van der Waals surface area (Å²) in [5, 5.41) is 0. The van der Waals surface area contributed by atoms with Gasteiger partial charge >= 0.3 is 5.97 Å². The summed E-state index contributed by atoms with van der Waals surface area (Å²) in [6, 6.07) is 28.6. The molecule has 1 aliphatic heterocycles. The van der Waals surface area contributed by atoms with Gasteiger partial charge in [-0.3, -0.25) is 0 Å². The van der Waals surface area contributed by atoms with Gasteiger partial charge in [0.1, 0.15) is 5.75 Å². The molecule has 0 bridgehead atoms. The van der Waals surface area contributed by atoms with E-state index >= 15 is 0 Å². The minimum atomic E-state index is -0.312. The Kier molecular flexibility index (Phi) is 5.84. The zero-order valence-corrected chi connectivity index (χ0v) is 17.2. The molecular weight excluding hydrogens is 374 g/mol. The lowest BCUT2D eigenvalue weighted by Gasteiger charge is -2.30. The lowest BCUT2D eigenvalue weighted by atomic mass is 9.92. The SMILES string of the molecule is COC(=O)C1=CN(C(c2ccccc2)c2ccccc2)CC1c1ccccc1OC. The summed E-state index contributed by atoms with van der Waals surface area (Å²) < 4.78 is 10.7. The largest absolute Gasteiger partial charge is 0.496 e. The van der Waals surface area contributed by atoms with Crippen LogP contribution in [0, 0.1) is 0 Å².